The van der Waals surface area contributed by atoms with E-state index in [0.717, 1.165) is 45.3 Å². The topological polar surface area (TPSA) is 56.1 Å². The van der Waals surface area contributed by atoms with Gasteiger partial charge in [-0.1, -0.05) is 12.8 Å². The van der Waals surface area contributed by atoms with Gasteiger partial charge >= 0.3 is 0 Å². The van der Waals surface area contributed by atoms with Crippen molar-refractivity contribution in [3.63, 3.8) is 0 Å². The SMILES string of the molecule is N#CC1CCCCC1NCCC(=O)N1CCCCC1. The molecule has 19 heavy (non-hydrogen) atoms. The summed E-state index contributed by atoms with van der Waals surface area (Å²) in [6, 6.07) is 2.70. The summed E-state index contributed by atoms with van der Waals surface area (Å²) in [7, 11) is 0. The summed E-state index contributed by atoms with van der Waals surface area (Å²) >= 11 is 0. The second-order valence-corrected chi connectivity index (χ2v) is 5.77. The van der Waals surface area contributed by atoms with Crippen LogP contribution < -0.4 is 5.32 Å². The van der Waals surface area contributed by atoms with Crippen molar-refractivity contribution in [1.29, 1.82) is 5.26 Å². The molecule has 2 aliphatic rings. The second-order valence-electron chi connectivity index (χ2n) is 5.77. The first-order valence-corrected chi connectivity index (χ1v) is 7.72. The Bertz CT molecular complexity index is 331. The van der Waals surface area contributed by atoms with E-state index in [-0.39, 0.29) is 11.8 Å². The molecule has 2 rings (SSSR count). The van der Waals surface area contributed by atoms with E-state index in [1.165, 1.54) is 19.3 Å². The molecule has 1 aliphatic carbocycles. The highest BCUT2D eigenvalue weighted by Gasteiger charge is 2.24. The highest BCUT2D eigenvalue weighted by atomic mass is 16.2. The predicted molar refractivity (Wildman–Crippen MR) is 74.4 cm³/mol. The summed E-state index contributed by atoms with van der Waals surface area (Å²) in [6.07, 6.45) is 8.60. The molecule has 2 atom stereocenters. The van der Waals surface area contributed by atoms with Crippen LogP contribution in [0, 0.1) is 17.2 Å². The van der Waals surface area contributed by atoms with Gasteiger partial charge in [0.15, 0.2) is 0 Å². The zero-order valence-electron chi connectivity index (χ0n) is 11.7. The maximum Gasteiger partial charge on any atom is 0.223 e. The lowest BCUT2D eigenvalue weighted by atomic mass is 9.85. The van der Waals surface area contributed by atoms with Gasteiger partial charge in [-0.05, 0) is 32.1 Å². The molecule has 106 valence electrons. The van der Waals surface area contributed by atoms with Crippen LogP contribution in [0.4, 0.5) is 0 Å². The van der Waals surface area contributed by atoms with Gasteiger partial charge in [-0.2, -0.15) is 5.26 Å². The third-order valence-electron chi connectivity index (χ3n) is 4.39. The monoisotopic (exact) mass is 263 g/mol. The van der Waals surface area contributed by atoms with Gasteiger partial charge in [0.05, 0.1) is 12.0 Å². The van der Waals surface area contributed by atoms with Crippen molar-refractivity contribution in [2.75, 3.05) is 19.6 Å². The number of hydrogen-bond donors (Lipinski definition) is 1. The van der Waals surface area contributed by atoms with Crippen molar-refractivity contribution >= 4 is 5.91 Å². The smallest absolute Gasteiger partial charge is 0.223 e. The Kier molecular flexibility index (Phi) is 5.65. The number of nitrogens with zero attached hydrogens (tertiary/aromatic N) is 2. The molecule has 0 bridgehead atoms. The van der Waals surface area contributed by atoms with Crippen LogP contribution in [0.25, 0.3) is 0 Å². The fourth-order valence-electron chi connectivity index (χ4n) is 3.20. The molecule has 1 saturated heterocycles. The Morgan fingerprint density at radius 1 is 1.16 bits per heavy atom. The zero-order valence-corrected chi connectivity index (χ0v) is 11.7. The Morgan fingerprint density at radius 2 is 1.89 bits per heavy atom. The first kappa shape index (κ1) is 14.3. The van der Waals surface area contributed by atoms with E-state index >= 15 is 0 Å². The first-order valence-electron chi connectivity index (χ1n) is 7.72. The molecule has 1 heterocycles. The van der Waals surface area contributed by atoms with Crippen LogP contribution in [0.5, 0.6) is 0 Å². The molecular weight excluding hydrogens is 238 g/mol. The van der Waals surface area contributed by atoms with Crippen LogP contribution >= 0.6 is 0 Å². The number of likely N-dealkylation sites (tertiary alicyclic amines) is 1. The molecule has 0 aromatic rings. The third kappa shape index (κ3) is 4.21. The Morgan fingerprint density at radius 3 is 2.63 bits per heavy atom. The van der Waals surface area contributed by atoms with E-state index in [2.05, 4.69) is 11.4 Å². The third-order valence-corrected chi connectivity index (χ3v) is 4.39. The van der Waals surface area contributed by atoms with Crippen LogP contribution in [-0.2, 0) is 4.79 Å². The van der Waals surface area contributed by atoms with Gasteiger partial charge in [0.2, 0.25) is 5.91 Å². The molecule has 2 fully saturated rings. The summed E-state index contributed by atoms with van der Waals surface area (Å²) in [5, 5.41) is 12.5. The van der Waals surface area contributed by atoms with Gasteiger partial charge in [-0.15, -0.1) is 0 Å². The maximum atomic E-state index is 12.0. The minimum absolute atomic E-state index is 0.138. The minimum Gasteiger partial charge on any atom is -0.343 e. The van der Waals surface area contributed by atoms with Gasteiger partial charge in [0, 0.05) is 32.1 Å². The van der Waals surface area contributed by atoms with E-state index < -0.39 is 0 Å². The van der Waals surface area contributed by atoms with E-state index in [9.17, 15) is 4.79 Å². The number of hydrogen-bond acceptors (Lipinski definition) is 3. The fourth-order valence-corrected chi connectivity index (χ4v) is 3.20. The number of amides is 1. The molecule has 0 aromatic carbocycles. The number of nitriles is 1. The fraction of sp³-hybridized carbons (Fsp3) is 0.867. The van der Waals surface area contributed by atoms with Gasteiger partial charge in [-0.25, -0.2) is 0 Å². The average molecular weight is 263 g/mol. The highest BCUT2D eigenvalue weighted by molar-refractivity contribution is 5.76. The quantitative estimate of drug-likeness (QED) is 0.844. The van der Waals surface area contributed by atoms with Crippen molar-refractivity contribution in [1.82, 2.24) is 10.2 Å². The minimum atomic E-state index is 0.138. The van der Waals surface area contributed by atoms with Crippen LogP contribution in [-0.4, -0.2) is 36.5 Å². The van der Waals surface area contributed by atoms with Crippen LogP contribution in [0.3, 0.4) is 0 Å². The molecule has 1 aliphatic heterocycles. The van der Waals surface area contributed by atoms with Gasteiger partial charge in [0.1, 0.15) is 0 Å². The molecule has 4 heteroatoms. The second kappa shape index (κ2) is 7.49. The van der Waals surface area contributed by atoms with Crippen molar-refractivity contribution in [2.24, 2.45) is 5.92 Å². The number of piperidine rings is 1. The summed E-state index contributed by atoms with van der Waals surface area (Å²) in [5.74, 6) is 0.412. The summed E-state index contributed by atoms with van der Waals surface area (Å²) in [6.45, 7) is 2.59. The van der Waals surface area contributed by atoms with E-state index in [1.54, 1.807) is 0 Å². The van der Waals surface area contributed by atoms with Gasteiger partial charge in [-0.3, -0.25) is 4.79 Å². The first-order chi connectivity index (χ1) is 9.31. The van der Waals surface area contributed by atoms with E-state index in [0.29, 0.717) is 12.5 Å². The molecule has 0 aromatic heterocycles. The molecule has 1 amide bonds. The lowest BCUT2D eigenvalue weighted by molar-refractivity contribution is -0.132. The Labute approximate surface area is 116 Å². The summed E-state index contributed by atoms with van der Waals surface area (Å²) in [5.41, 5.74) is 0. The number of nitrogens with one attached hydrogen (secondary N) is 1. The van der Waals surface area contributed by atoms with E-state index in [4.69, 9.17) is 5.26 Å². The maximum absolute atomic E-state index is 12.0. The van der Waals surface area contributed by atoms with Crippen LogP contribution in [0.2, 0.25) is 0 Å². The standard InChI is InChI=1S/C15H25N3O/c16-12-13-6-2-3-7-14(13)17-9-8-15(19)18-10-4-1-5-11-18/h13-14,17H,1-11H2. The highest BCUT2D eigenvalue weighted by Crippen LogP contribution is 2.23. The van der Waals surface area contributed by atoms with Crippen molar-refractivity contribution in [3.8, 4) is 6.07 Å². The molecular formula is C15H25N3O. The van der Waals surface area contributed by atoms with Gasteiger partial charge in [0.25, 0.3) is 0 Å². The van der Waals surface area contributed by atoms with E-state index in [1.807, 2.05) is 4.90 Å². The van der Waals surface area contributed by atoms with Crippen molar-refractivity contribution < 1.29 is 4.79 Å². The van der Waals surface area contributed by atoms with Crippen molar-refractivity contribution in [3.05, 3.63) is 0 Å². The number of rotatable bonds is 4. The lowest BCUT2D eigenvalue weighted by Crippen LogP contribution is -2.41. The number of carbonyl (C=O) groups excluding carboxylic acids is 1. The molecule has 0 spiro atoms. The number of carbonyl (C=O) groups is 1. The Hall–Kier alpha value is -1.08. The molecule has 1 N–H and O–H groups in total. The van der Waals surface area contributed by atoms with Gasteiger partial charge < -0.3 is 10.2 Å². The van der Waals surface area contributed by atoms with Crippen LogP contribution in [0.1, 0.15) is 51.4 Å². The summed E-state index contributed by atoms with van der Waals surface area (Å²) in [4.78, 5) is 14.0. The summed E-state index contributed by atoms with van der Waals surface area (Å²) < 4.78 is 0. The largest absolute Gasteiger partial charge is 0.343 e. The molecule has 1 saturated carbocycles. The molecule has 0 radical (unpaired) electrons. The molecule has 2 unspecified atom stereocenters. The zero-order chi connectivity index (χ0) is 13.5. The normalized spacial score (nSPS) is 27.8. The Balaban J connectivity index is 1.67. The lowest BCUT2D eigenvalue weighted by Gasteiger charge is -2.29. The molecule has 4 nitrogen and oxygen atoms in total. The van der Waals surface area contributed by atoms with Crippen LogP contribution in [0.15, 0.2) is 0 Å². The predicted octanol–water partition coefficient (Wildman–Crippen LogP) is 2.06. The van der Waals surface area contributed by atoms with Crippen molar-refractivity contribution in [2.45, 2.75) is 57.4 Å². The average Bonchev–Trinajstić information content (AvgIpc) is 2.48.